The molecular weight excluding hydrogens is 297 g/mol. The summed E-state index contributed by atoms with van der Waals surface area (Å²) in [5, 5.41) is 3.02. The van der Waals surface area contributed by atoms with E-state index in [9.17, 15) is 17.6 Å². The first-order valence-corrected chi connectivity index (χ1v) is 7.97. The van der Waals surface area contributed by atoms with Gasteiger partial charge >= 0.3 is 0 Å². The Morgan fingerprint density at radius 2 is 1.95 bits per heavy atom. The van der Waals surface area contributed by atoms with Crippen molar-refractivity contribution in [2.45, 2.75) is 10.9 Å². The zero-order valence-corrected chi connectivity index (χ0v) is 12.7. The van der Waals surface area contributed by atoms with Gasteiger partial charge < -0.3 is 10.2 Å². The van der Waals surface area contributed by atoms with Crippen LogP contribution in [0.2, 0.25) is 0 Å². The third-order valence-corrected chi connectivity index (χ3v) is 5.26. The maximum Gasteiger partial charge on any atom is 0.243 e. The number of benzene rings is 1. The molecule has 1 aromatic carbocycles. The largest absolute Gasteiger partial charge is 0.347 e. The first-order chi connectivity index (χ1) is 9.84. The lowest BCUT2D eigenvalue weighted by molar-refractivity contribution is -0.133. The SMILES string of the molecule is CN(C)C(=O)C1CNCCN1S(=O)(=O)c1ccc(F)cc1. The predicted molar refractivity (Wildman–Crippen MR) is 75.6 cm³/mol. The minimum absolute atomic E-state index is 0.0117. The van der Waals surface area contributed by atoms with Gasteiger partial charge in [0, 0.05) is 33.7 Å². The summed E-state index contributed by atoms with van der Waals surface area (Å²) < 4.78 is 39.4. The maximum atomic E-state index is 12.9. The highest BCUT2D eigenvalue weighted by atomic mass is 32.2. The molecule has 0 saturated carbocycles. The summed E-state index contributed by atoms with van der Waals surface area (Å²) in [4.78, 5) is 13.5. The number of carbonyl (C=O) groups excluding carboxylic acids is 1. The van der Waals surface area contributed by atoms with Gasteiger partial charge in [-0.15, -0.1) is 0 Å². The number of nitrogens with zero attached hydrogens (tertiary/aromatic N) is 2. The van der Waals surface area contributed by atoms with E-state index in [0.29, 0.717) is 6.54 Å². The molecule has 0 bridgehead atoms. The molecule has 0 aliphatic carbocycles. The fraction of sp³-hybridized carbons (Fsp3) is 0.462. The number of hydrogen-bond donors (Lipinski definition) is 1. The Hall–Kier alpha value is -1.51. The number of amides is 1. The zero-order valence-electron chi connectivity index (χ0n) is 11.9. The smallest absolute Gasteiger partial charge is 0.243 e. The van der Waals surface area contributed by atoms with Crippen molar-refractivity contribution in [1.29, 1.82) is 0 Å². The van der Waals surface area contributed by atoms with Crippen molar-refractivity contribution < 1.29 is 17.6 Å². The molecular formula is C13H18FN3O3S. The number of hydrogen-bond acceptors (Lipinski definition) is 4. The van der Waals surface area contributed by atoms with Gasteiger partial charge in [-0.25, -0.2) is 12.8 Å². The Morgan fingerprint density at radius 3 is 2.52 bits per heavy atom. The summed E-state index contributed by atoms with van der Waals surface area (Å²) in [6, 6.07) is 3.83. The maximum absolute atomic E-state index is 12.9. The number of nitrogens with one attached hydrogen (secondary N) is 1. The van der Waals surface area contributed by atoms with Crippen LogP contribution in [0.25, 0.3) is 0 Å². The molecule has 1 N–H and O–H groups in total. The topological polar surface area (TPSA) is 69.7 Å². The van der Waals surface area contributed by atoms with E-state index in [-0.39, 0.29) is 23.9 Å². The summed E-state index contributed by atoms with van der Waals surface area (Å²) in [7, 11) is -0.661. The van der Waals surface area contributed by atoms with Crippen LogP contribution in [-0.4, -0.2) is 63.3 Å². The van der Waals surface area contributed by atoms with Crippen molar-refractivity contribution in [2.24, 2.45) is 0 Å². The highest BCUT2D eigenvalue weighted by Gasteiger charge is 2.38. The van der Waals surface area contributed by atoms with Crippen molar-refractivity contribution in [3.63, 3.8) is 0 Å². The molecule has 0 aromatic heterocycles. The number of carbonyl (C=O) groups is 1. The molecule has 21 heavy (non-hydrogen) atoms. The van der Waals surface area contributed by atoms with Crippen molar-refractivity contribution in [1.82, 2.24) is 14.5 Å². The van der Waals surface area contributed by atoms with Crippen LogP contribution in [0.1, 0.15) is 0 Å². The Balaban J connectivity index is 2.36. The third kappa shape index (κ3) is 3.22. The molecule has 6 nitrogen and oxygen atoms in total. The highest BCUT2D eigenvalue weighted by molar-refractivity contribution is 7.89. The molecule has 8 heteroatoms. The molecule has 1 aliphatic heterocycles. The monoisotopic (exact) mass is 315 g/mol. The molecule has 1 aliphatic rings. The summed E-state index contributed by atoms with van der Waals surface area (Å²) in [6.45, 7) is 0.930. The summed E-state index contributed by atoms with van der Waals surface area (Å²) in [5.41, 5.74) is 0. The molecule has 1 aromatic rings. The molecule has 0 radical (unpaired) electrons. The second-order valence-corrected chi connectivity index (χ2v) is 6.91. The van der Waals surface area contributed by atoms with E-state index in [2.05, 4.69) is 5.32 Å². The molecule has 0 spiro atoms. The van der Waals surface area contributed by atoms with Crippen LogP contribution >= 0.6 is 0 Å². The van der Waals surface area contributed by atoms with E-state index in [1.54, 1.807) is 14.1 Å². The van der Waals surface area contributed by atoms with Gasteiger partial charge in [-0.1, -0.05) is 0 Å². The van der Waals surface area contributed by atoms with Gasteiger partial charge in [0.05, 0.1) is 4.90 Å². The van der Waals surface area contributed by atoms with Crippen molar-refractivity contribution in [3.8, 4) is 0 Å². The average Bonchev–Trinajstić information content (AvgIpc) is 2.46. The summed E-state index contributed by atoms with van der Waals surface area (Å²) >= 11 is 0. The van der Waals surface area contributed by atoms with Gasteiger partial charge in [0.1, 0.15) is 11.9 Å². The van der Waals surface area contributed by atoms with E-state index in [4.69, 9.17) is 0 Å². The van der Waals surface area contributed by atoms with Crippen molar-refractivity contribution in [3.05, 3.63) is 30.1 Å². The molecule has 116 valence electrons. The van der Waals surface area contributed by atoms with Crippen molar-refractivity contribution >= 4 is 15.9 Å². The van der Waals surface area contributed by atoms with E-state index in [0.717, 1.165) is 12.1 Å². The second kappa shape index (κ2) is 6.08. The predicted octanol–water partition coefficient (Wildman–Crippen LogP) is -0.124. The molecule has 1 heterocycles. The normalized spacial score (nSPS) is 20.2. The molecule has 2 rings (SSSR count). The first-order valence-electron chi connectivity index (χ1n) is 6.53. The van der Waals surface area contributed by atoms with Gasteiger partial charge in [0.15, 0.2) is 0 Å². The Bertz CT molecular complexity index is 616. The molecule has 1 unspecified atom stereocenters. The second-order valence-electron chi connectivity index (χ2n) is 5.02. The quantitative estimate of drug-likeness (QED) is 0.844. The third-order valence-electron chi connectivity index (χ3n) is 3.34. The fourth-order valence-electron chi connectivity index (χ4n) is 2.22. The minimum Gasteiger partial charge on any atom is -0.347 e. The van der Waals surface area contributed by atoms with Gasteiger partial charge in [-0.2, -0.15) is 4.31 Å². The molecule has 1 saturated heterocycles. The number of halogens is 1. The van der Waals surface area contributed by atoms with Crippen LogP contribution in [-0.2, 0) is 14.8 Å². The van der Waals surface area contributed by atoms with Gasteiger partial charge in [-0.05, 0) is 24.3 Å². The van der Waals surface area contributed by atoms with Gasteiger partial charge in [-0.3, -0.25) is 4.79 Å². The van der Waals surface area contributed by atoms with E-state index < -0.39 is 21.9 Å². The van der Waals surface area contributed by atoms with Gasteiger partial charge in [0.2, 0.25) is 15.9 Å². The van der Waals surface area contributed by atoms with E-state index >= 15 is 0 Å². The van der Waals surface area contributed by atoms with Crippen LogP contribution in [0, 0.1) is 5.82 Å². The van der Waals surface area contributed by atoms with Crippen LogP contribution in [0.5, 0.6) is 0 Å². The van der Waals surface area contributed by atoms with Crippen LogP contribution < -0.4 is 5.32 Å². The number of likely N-dealkylation sites (N-methyl/N-ethyl adjacent to an activating group) is 1. The number of sulfonamides is 1. The lowest BCUT2D eigenvalue weighted by atomic mass is 10.2. The minimum atomic E-state index is -3.83. The number of piperazine rings is 1. The lowest BCUT2D eigenvalue weighted by Crippen LogP contribution is -2.59. The van der Waals surface area contributed by atoms with Crippen molar-refractivity contribution in [2.75, 3.05) is 33.7 Å². The summed E-state index contributed by atoms with van der Waals surface area (Å²) in [6.07, 6.45) is 0. The van der Waals surface area contributed by atoms with Crippen LogP contribution in [0.4, 0.5) is 4.39 Å². The van der Waals surface area contributed by atoms with Gasteiger partial charge in [0.25, 0.3) is 0 Å². The van der Waals surface area contributed by atoms with E-state index in [1.807, 2.05) is 0 Å². The average molecular weight is 315 g/mol. The zero-order chi connectivity index (χ0) is 15.6. The van der Waals surface area contributed by atoms with Crippen LogP contribution in [0.15, 0.2) is 29.2 Å². The standard InChI is InChI=1S/C13H18FN3O3S/c1-16(2)13(18)12-9-15-7-8-17(12)21(19,20)11-5-3-10(14)4-6-11/h3-6,12,15H,7-9H2,1-2H3. The molecule has 1 amide bonds. The Kier molecular flexibility index (Phi) is 4.60. The lowest BCUT2D eigenvalue weighted by Gasteiger charge is -2.35. The van der Waals surface area contributed by atoms with Crippen LogP contribution in [0.3, 0.4) is 0 Å². The highest BCUT2D eigenvalue weighted by Crippen LogP contribution is 2.20. The summed E-state index contributed by atoms with van der Waals surface area (Å²) in [5.74, 6) is -0.789. The molecule has 1 fully saturated rings. The Labute approximate surface area is 123 Å². The van der Waals surface area contributed by atoms with E-state index in [1.165, 1.54) is 21.3 Å². The Morgan fingerprint density at radius 1 is 1.33 bits per heavy atom. The number of rotatable bonds is 3. The molecule has 1 atom stereocenters. The fourth-order valence-corrected chi connectivity index (χ4v) is 3.81. The first kappa shape index (κ1) is 15.9.